The van der Waals surface area contributed by atoms with Crippen molar-refractivity contribution in [2.45, 2.75) is 19.8 Å². The van der Waals surface area contributed by atoms with E-state index in [1.54, 1.807) is 0 Å². The van der Waals surface area contributed by atoms with E-state index in [1.165, 1.54) is 12.8 Å². The number of hydrogen-bond donors (Lipinski definition) is 1. The van der Waals surface area contributed by atoms with Gasteiger partial charge in [0.05, 0.1) is 6.61 Å². The highest BCUT2D eigenvalue weighted by molar-refractivity contribution is 5.85. The average molecular weight is 315 g/mol. The maximum atomic E-state index is 5.77. The van der Waals surface area contributed by atoms with Crippen molar-refractivity contribution < 1.29 is 9.47 Å². The Morgan fingerprint density at radius 1 is 1.10 bits per heavy atom. The summed E-state index contributed by atoms with van der Waals surface area (Å²) in [5.41, 5.74) is 5.71. The van der Waals surface area contributed by atoms with Gasteiger partial charge in [-0.3, -0.25) is 4.90 Å². The summed E-state index contributed by atoms with van der Waals surface area (Å²) in [5, 5.41) is 0. The maximum absolute atomic E-state index is 5.77. The fourth-order valence-electron chi connectivity index (χ4n) is 2.54. The second-order valence-electron chi connectivity index (χ2n) is 5.27. The zero-order chi connectivity index (χ0) is 14.2. The molecule has 0 saturated carbocycles. The first-order chi connectivity index (χ1) is 9.81. The van der Waals surface area contributed by atoms with E-state index in [4.69, 9.17) is 15.2 Å². The molecule has 0 spiro atoms. The lowest BCUT2D eigenvalue weighted by atomic mass is 9.97. The van der Waals surface area contributed by atoms with Crippen LogP contribution in [0.25, 0.3) is 0 Å². The third-order valence-corrected chi connectivity index (χ3v) is 3.85. The molecule has 2 N–H and O–H groups in total. The van der Waals surface area contributed by atoms with Gasteiger partial charge >= 0.3 is 0 Å². The largest absolute Gasteiger partial charge is 0.494 e. The number of rotatable bonds is 7. The molecule has 0 bridgehead atoms. The van der Waals surface area contributed by atoms with Gasteiger partial charge in [0.2, 0.25) is 0 Å². The molecule has 0 amide bonds. The molecule has 4 nitrogen and oxygen atoms in total. The number of ether oxygens (including phenoxy) is 2. The Kier molecular flexibility index (Phi) is 8.50. The minimum Gasteiger partial charge on any atom is -0.494 e. The van der Waals surface area contributed by atoms with Crippen LogP contribution in [-0.2, 0) is 0 Å². The molecule has 0 aliphatic carbocycles. The molecule has 1 aromatic carbocycles. The lowest BCUT2D eigenvalue weighted by molar-refractivity contribution is 0.157. The summed E-state index contributed by atoms with van der Waals surface area (Å²) < 4.78 is 11.2. The van der Waals surface area contributed by atoms with Gasteiger partial charge in [-0.2, -0.15) is 0 Å². The second-order valence-corrected chi connectivity index (χ2v) is 5.27. The molecule has 5 heteroatoms. The monoisotopic (exact) mass is 314 g/mol. The highest BCUT2D eigenvalue weighted by Gasteiger charge is 2.17. The van der Waals surface area contributed by atoms with Crippen LogP contribution < -0.4 is 15.2 Å². The molecule has 0 aromatic heterocycles. The number of likely N-dealkylation sites (tertiary alicyclic amines) is 1. The summed E-state index contributed by atoms with van der Waals surface area (Å²) in [6, 6.07) is 7.83. The summed E-state index contributed by atoms with van der Waals surface area (Å²) in [6.07, 6.45) is 2.44. The van der Waals surface area contributed by atoms with Crippen LogP contribution in [0.1, 0.15) is 19.8 Å². The number of piperidine rings is 1. The molecule has 0 unspecified atom stereocenters. The Labute approximate surface area is 134 Å². The van der Waals surface area contributed by atoms with Crippen molar-refractivity contribution in [3.8, 4) is 11.5 Å². The molecule has 21 heavy (non-hydrogen) atoms. The quantitative estimate of drug-likeness (QED) is 0.840. The fraction of sp³-hybridized carbons (Fsp3) is 0.625. The van der Waals surface area contributed by atoms with E-state index < -0.39 is 0 Å². The molecule has 0 radical (unpaired) electrons. The van der Waals surface area contributed by atoms with Crippen LogP contribution in [0.2, 0.25) is 0 Å². The number of benzene rings is 1. The topological polar surface area (TPSA) is 47.7 Å². The van der Waals surface area contributed by atoms with E-state index in [1.807, 2.05) is 31.2 Å². The molecule has 1 aliphatic rings. The SMILES string of the molecule is CCOc1ccc(OCCN2CCC(CN)CC2)cc1.Cl. The molecule has 1 aromatic rings. The third kappa shape index (κ3) is 6.12. The molecule has 120 valence electrons. The van der Waals surface area contributed by atoms with Crippen LogP contribution in [0.3, 0.4) is 0 Å². The summed E-state index contributed by atoms with van der Waals surface area (Å²) >= 11 is 0. The van der Waals surface area contributed by atoms with Gasteiger partial charge in [0, 0.05) is 6.54 Å². The average Bonchev–Trinajstić information content (AvgIpc) is 2.50. The summed E-state index contributed by atoms with van der Waals surface area (Å²) in [4.78, 5) is 2.46. The minimum absolute atomic E-state index is 0. The van der Waals surface area contributed by atoms with Gasteiger partial charge in [0.15, 0.2) is 0 Å². The van der Waals surface area contributed by atoms with Gasteiger partial charge in [0.25, 0.3) is 0 Å². The smallest absolute Gasteiger partial charge is 0.119 e. The van der Waals surface area contributed by atoms with Gasteiger partial charge in [0.1, 0.15) is 18.1 Å². The van der Waals surface area contributed by atoms with Crippen LogP contribution in [0.4, 0.5) is 0 Å². The van der Waals surface area contributed by atoms with E-state index >= 15 is 0 Å². The van der Waals surface area contributed by atoms with Crippen LogP contribution in [0, 0.1) is 5.92 Å². The van der Waals surface area contributed by atoms with Crippen LogP contribution in [-0.4, -0.2) is 44.3 Å². The molecule has 0 atom stereocenters. The maximum Gasteiger partial charge on any atom is 0.119 e. The van der Waals surface area contributed by atoms with E-state index in [0.717, 1.165) is 50.2 Å². The number of nitrogens with two attached hydrogens (primary N) is 1. The van der Waals surface area contributed by atoms with Gasteiger partial charge in [-0.25, -0.2) is 0 Å². The molecule has 2 rings (SSSR count). The van der Waals surface area contributed by atoms with Gasteiger partial charge in [-0.05, 0) is 69.6 Å². The third-order valence-electron chi connectivity index (χ3n) is 3.85. The van der Waals surface area contributed by atoms with Gasteiger partial charge in [-0.1, -0.05) is 0 Å². The molecular formula is C16H27ClN2O2. The van der Waals surface area contributed by atoms with Crippen molar-refractivity contribution in [3.05, 3.63) is 24.3 Å². The second kappa shape index (κ2) is 9.87. The Bertz CT molecular complexity index is 378. The number of hydrogen-bond acceptors (Lipinski definition) is 4. The lowest BCUT2D eigenvalue weighted by Crippen LogP contribution is -2.38. The predicted octanol–water partition coefficient (Wildman–Crippen LogP) is 2.56. The number of halogens is 1. The first-order valence-corrected chi connectivity index (χ1v) is 7.60. The molecule has 1 heterocycles. The standard InChI is InChI=1S/C16H26N2O2.ClH/c1-2-19-15-3-5-16(6-4-15)20-12-11-18-9-7-14(13-17)8-10-18;/h3-6,14H,2,7-13,17H2,1H3;1H. The molecule has 1 fully saturated rings. The van der Waals surface area contributed by atoms with Crippen LogP contribution >= 0.6 is 12.4 Å². The Morgan fingerprint density at radius 2 is 1.67 bits per heavy atom. The van der Waals surface area contributed by atoms with E-state index in [9.17, 15) is 0 Å². The van der Waals surface area contributed by atoms with Gasteiger partial charge in [-0.15, -0.1) is 12.4 Å². The van der Waals surface area contributed by atoms with Crippen LogP contribution in [0.15, 0.2) is 24.3 Å². The summed E-state index contributed by atoms with van der Waals surface area (Å²) in [7, 11) is 0. The fourth-order valence-corrected chi connectivity index (χ4v) is 2.54. The zero-order valence-electron chi connectivity index (χ0n) is 12.8. The zero-order valence-corrected chi connectivity index (χ0v) is 13.6. The van der Waals surface area contributed by atoms with Crippen molar-refractivity contribution in [1.82, 2.24) is 4.90 Å². The highest BCUT2D eigenvalue weighted by Crippen LogP contribution is 2.18. The first-order valence-electron chi connectivity index (χ1n) is 7.60. The van der Waals surface area contributed by atoms with Crippen molar-refractivity contribution in [2.24, 2.45) is 11.7 Å². The van der Waals surface area contributed by atoms with Crippen molar-refractivity contribution in [2.75, 3.05) is 39.4 Å². The van der Waals surface area contributed by atoms with E-state index in [-0.39, 0.29) is 12.4 Å². The lowest BCUT2D eigenvalue weighted by Gasteiger charge is -2.31. The number of nitrogens with zero attached hydrogens (tertiary/aromatic N) is 1. The van der Waals surface area contributed by atoms with Crippen molar-refractivity contribution >= 4 is 12.4 Å². The highest BCUT2D eigenvalue weighted by atomic mass is 35.5. The van der Waals surface area contributed by atoms with E-state index in [0.29, 0.717) is 6.61 Å². The van der Waals surface area contributed by atoms with Gasteiger partial charge < -0.3 is 15.2 Å². The Morgan fingerprint density at radius 3 is 2.19 bits per heavy atom. The first kappa shape index (κ1) is 18.1. The normalized spacial score (nSPS) is 16.3. The summed E-state index contributed by atoms with van der Waals surface area (Å²) in [5.74, 6) is 2.52. The van der Waals surface area contributed by atoms with E-state index in [2.05, 4.69) is 4.90 Å². The minimum atomic E-state index is 0. The Balaban J connectivity index is 0.00000220. The molecule has 1 saturated heterocycles. The van der Waals surface area contributed by atoms with Crippen molar-refractivity contribution in [3.63, 3.8) is 0 Å². The van der Waals surface area contributed by atoms with Crippen molar-refractivity contribution in [1.29, 1.82) is 0 Å². The predicted molar refractivity (Wildman–Crippen MR) is 88.6 cm³/mol. The molecule has 1 aliphatic heterocycles. The molecular weight excluding hydrogens is 288 g/mol. The summed E-state index contributed by atoms with van der Waals surface area (Å²) in [6.45, 7) is 7.53. The van der Waals surface area contributed by atoms with Crippen LogP contribution in [0.5, 0.6) is 11.5 Å². The Hall–Kier alpha value is -0.970.